The molecule has 1 aromatic rings. The summed E-state index contributed by atoms with van der Waals surface area (Å²) in [6.07, 6.45) is 5.81. The molecule has 0 unspecified atom stereocenters. The van der Waals surface area contributed by atoms with Crippen LogP contribution in [0.15, 0.2) is 12.4 Å². The number of amides is 1. The molecule has 23 heavy (non-hydrogen) atoms. The van der Waals surface area contributed by atoms with Gasteiger partial charge in [-0.2, -0.15) is 5.10 Å². The minimum atomic E-state index is -0.0910. The lowest BCUT2D eigenvalue weighted by atomic mass is 9.84. The summed E-state index contributed by atoms with van der Waals surface area (Å²) in [7, 11) is 5.43. The summed E-state index contributed by atoms with van der Waals surface area (Å²) in [5.41, 5.74) is 1.13. The second kappa shape index (κ2) is 6.59. The molecule has 3 heterocycles. The first-order chi connectivity index (χ1) is 11.0. The van der Waals surface area contributed by atoms with E-state index in [0.29, 0.717) is 6.61 Å². The van der Waals surface area contributed by atoms with Crippen molar-refractivity contribution >= 4 is 5.91 Å². The van der Waals surface area contributed by atoms with Crippen LogP contribution in [-0.2, 0) is 27.9 Å². The van der Waals surface area contributed by atoms with Crippen LogP contribution < -0.4 is 0 Å². The monoisotopic (exact) mass is 322 g/mol. The van der Waals surface area contributed by atoms with Gasteiger partial charge in [0.15, 0.2) is 0 Å². The molecule has 0 N–H and O–H groups in total. The van der Waals surface area contributed by atoms with Crippen LogP contribution in [0.4, 0.5) is 0 Å². The van der Waals surface area contributed by atoms with Crippen molar-refractivity contribution in [2.75, 3.05) is 40.4 Å². The van der Waals surface area contributed by atoms with Gasteiger partial charge >= 0.3 is 0 Å². The molecule has 0 aliphatic carbocycles. The van der Waals surface area contributed by atoms with Crippen LogP contribution in [0.25, 0.3) is 0 Å². The molecule has 3 rings (SSSR count). The third kappa shape index (κ3) is 3.91. The molecule has 1 atom stereocenters. The number of aryl methyl sites for hydroxylation is 1. The van der Waals surface area contributed by atoms with Crippen LogP contribution in [0.2, 0.25) is 0 Å². The van der Waals surface area contributed by atoms with Gasteiger partial charge in [-0.25, -0.2) is 0 Å². The largest absolute Gasteiger partial charge is 0.372 e. The fraction of sp³-hybridized carbons (Fsp3) is 0.750. The normalized spacial score (nSPS) is 23.7. The van der Waals surface area contributed by atoms with E-state index in [1.807, 2.05) is 24.1 Å². The molecule has 1 aromatic heterocycles. The zero-order chi connectivity index (χ0) is 16.4. The highest BCUT2D eigenvalue weighted by Crippen LogP contribution is 2.36. The lowest BCUT2D eigenvalue weighted by Crippen LogP contribution is -2.65. The average Bonchev–Trinajstić information content (AvgIpc) is 2.88. The maximum Gasteiger partial charge on any atom is 0.248 e. The molecule has 0 bridgehead atoms. The van der Waals surface area contributed by atoms with Gasteiger partial charge in [0, 0.05) is 65.6 Å². The number of likely N-dealkylation sites (tertiary alicyclic amines) is 1. The van der Waals surface area contributed by atoms with E-state index in [2.05, 4.69) is 10.00 Å². The zero-order valence-electron chi connectivity index (χ0n) is 14.2. The van der Waals surface area contributed by atoms with Crippen molar-refractivity contribution in [3.63, 3.8) is 0 Å². The molecule has 2 fully saturated rings. The Labute approximate surface area is 137 Å². The number of carbonyl (C=O) groups is 1. The molecule has 7 heteroatoms. The van der Waals surface area contributed by atoms with E-state index in [-0.39, 0.29) is 24.2 Å². The number of nitrogens with zero attached hydrogens (tertiary/aromatic N) is 4. The summed E-state index contributed by atoms with van der Waals surface area (Å²) in [4.78, 5) is 15.6. The lowest BCUT2D eigenvalue weighted by Gasteiger charge is -2.53. The van der Waals surface area contributed by atoms with Crippen LogP contribution in [0.1, 0.15) is 18.4 Å². The average molecular weight is 322 g/mol. The SMILES string of the molecule is CN(C)C(=O)CO[C@H]1CCOC2(C1)CN(Cc1cnn(C)c1)C2. The van der Waals surface area contributed by atoms with Crippen molar-refractivity contribution in [1.29, 1.82) is 0 Å². The van der Waals surface area contributed by atoms with Crippen molar-refractivity contribution in [3.05, 3.63) is 18.0 Å². The number of rotatable bonds is 5. The molecule has 128 valence electrons. The van der Waals surface area contributed by atoms with Crippen molar-refractivity contribution < 1.29 is 14.3 Å². The van der Waals surface area contributed by atoms with Gasteiger partial charge in [-0.15, -0.1) is 0 Å². The number of carbonyl (C=O) groups excluding carboxylic acids is 1. The van der Waals surface area contributed by atoms with Gasteiger partial charge in [0.2, 0.25) is 5.91 Å². The Morgan fingerprint density at radius 2 is 2.30 bits per heavy atom. The Hall–Kier alpha value is -1.44. The van der Waals surface area contributed by atoms with E-state index >= 15 is 0 Å². The minimum Gasteiger partial charge on any atom is -0.372 e. The third-order valence-electron chi connectivity index (χ3n) is 4.58. The molecule has 7 nitrogen and oxygen atoms in total. The standard InChI is InChI=1S/C16H26N4O3/c1-18(2)15(21)10-22-14-4-5-23-16(6-14)11-20(12-16)9-13-7-17-19(3)8-13/h7-8,14H,4-6,9-12H2,1-3H3/t14-/m0/s1. The van der Waals surface area contributed by atoms with Crippen molar-refractivity contribution in [2.45, 2.75) is 31.1 Å². The molecule has 1 spiro atoms. The summed E-state index contributed by atoms with van der Waals surface area (Å²) in [5.74, 6) is 0.0114. The molecule has 2 aliphatic rings. The fourth-order valence-electron chi connectivity index (χ4n) is 3.36. The van der Waals surface area contributed by atoms with E-state index in [1.165, 1.54) is 5.56 Å². The predicted octanol–water partition coefficient (Wildman–Crippen LogP) is 0.258. The molecular weight excluding hydrogens is 296 g/mol. The summed E-state index contributed by atoms with van der Waals surface area (Å²) in [6, 6.07) is 0. The van der Waals surface area contributed by atoms with Gasteiger partial charge in [0.25, 0.3) is 0 Å². The van der Waals surface area contributed by atoms with E-state index in [9.17, 15) is 4.79 Å². The highest BCUT2D eigenvalue weighted by atomic mass is 16.5. The highest BCUT2D eigenvalue weighted by Gasteiger charge is 2.47. The Balaban J connectivity index is 1.45. The lowest BCUT2D eigenvalue weighted by molar-refractivity contribution is -0.200. The van der Waals surface area contributed by atoms with Crippen molar-refractivity contribution in [1.82, 2.24) is 19.6 Å². The summed E-state index contributed by atoms with van der Waals surface area (Å²) < 4.78 is 13.6. The van der Waals surface area contributed by atoms with Crippen molar-refractivity contribution in [3.8, 4) is 0 Å². The van der Waals surface area contributed by atoms with E-state index in [1.54, 1.807) is 19.0 Å². The molecule has 1 amide bonds. The minimum absolute atomic E-state index is 0.0114. The molecule has 2 saturated heterocycles. The van der Waals surface area contributed by atoms with Gasteiger partial charge in [0.05, 0.1) is 17.9 Å². The van der Waals surface area contributed by atoms with Crippen LogP contribution in [0.5, 0.6) is 0 Å². The van der Waals surface area contributed by atoms with Crippen molar-refractivity contribution in [2.24, 2.45) is 7.05 Å². The van der Waals surface area contributed by atoms with Crippen LogP contribution >= 0.6 is 0 Å². The molecule has 2 aliphatic heterocycles. The van der Waals surface area contributed by atoms with Gasteiger partial charge < -0.3 is 14.4 Å². The van der Waals surface area contributed by atoms with Gasteiger partial charge in [-0.1, -0.05) is 0 Å². The first-order valence-corrected chi connectivity index (χ1v) is 8.11. The van der Waals surface area contributed by atoms with Crippen LogP contribution in [-0.4, -0.2) is 77.6 Å². The zero-order valence-corrected chi connectivity index (χ0v) is 14.2. The Morgan fingerprint density at radius 3 is 2.96 bits per heavy atom. The van der Waals surface area contributed by atoms with Crippen LogP contribution in [0, 0.1) is 0 Å². The van der Waals surface area contributed by atoms with Crippen LogP contribution in [0.3, 0.4) is 0 Å². The summed E-state index contributed by atoms with van der Waals surface area (Å²) in [5, 5.41) is 4.20. The number of hydrogen-bond acceptors (Lipinski definition) is 5. The second-order valence-electron chi connectivity index (χ2n) is 6.91. The Morgan fingerprint density at radius 1 is 1.52 bits per heavy atom. The molecule has 0 aromatic carbocycles. The number of likely N-dealkylation sites (N-methyl/N-ethyl adjacent to an activating group) is 1. The second-order valence-corrected chi connectivity index (χ2v) is 6.91. The summed E-state index contributed by atoms with van der Waals surface area (Å²) >= 11 is 0. The fourth-order valence-corrected chi connectivity index (χ4v) is 3.36. The first kappa shape index (κ1) is 16.4. The van der Waals surface area contributed by atoms with Gasteiger partial charge in [-0.3, -0.25) is 14.4 Å². The van der Waals surface area contributed by atoms with E-state index < -0.39 is 0 Å². The Bertz CT molecular complexity index is 551. The predicted molar refractivity (Wildman–Crippen MR) is 84.8 cm³/mol. The quantitative estimate of drug-likeness (QED) is 0.778. The van der Waals surface area contributed by atoms with Gasteiger partial charge in [0.1, 0.15) is 6.61 Å². The van der Waals surface area contributed by atoms with E-state index in [4.69, 9.17) is 9.47 Å². The smallest absolute Gasteiger partial charge is 0.248 e. The number of aromatic nitrogens is 2. The Kier molecular flexibility index (Phi) is 4.70. The molecular formula is C16H26N4O3. The summed E-state index contributed by atoms with van der Waals surface area (Å²) in [6.45, 7) is 3.62. The molecule has 0 radical (unpaired) electrons. The first-order valence-electron chi connectivity index (χ1n) is 8.11. The van der Waals surface area contributed by atoms with Gasteiger partial charge in [-0.05, 0) is 6.42 Å². The third-order valence-corrected chi connectivity index (χ3v) is 4.58. The highest BCUT2D eigenvalue weighted by molar-refractivity contribution is 5.76. The number of hydrogen-bond donors (Lipinski definition) is 0. The number of ether oxygens (including phenoxy) is 2. The molecule has 0 saturated carbocycles. The topological polar surface area (TPSA) is 59.8 Å². The maximum atomic E-state index is 11.6. The maximum absolute atomic E-state index is 11.6. The van der Waals surface area contributed by atoms with E-state index in [0.717, 1.165) is 32.5 Å².